The first-order valence-corrected chi connectivity index (χ1v) is 47.5. The summed E-state index contributed by atoms with van der Waals surface area (Å²) >= 11 is 0. The number of hydrogen-bond acceptors (Lipinski definition) is 33. The lowest BCUT2D eigenvalue weighted by Gasteiger charge is -2.42. The van der Waals surface area contributed by atoms with E-state index in [4.69, 9.17) is 83.1 Å². The highest BCUT2D eigenvalue weighted by Crippen LogP contribution is 2.40. The number of benzene rings is 2. The predicted molar refractivity (Wildman–Crippen MR) is 503 cm³/mol. The molecule has 4 fully saturated rings. The number of nitrogens with zero attached hydrogens (tertiary/aromatic N) is 11. The Bertz CT molecular complexity index is 4980. The van der Waals surface area contributed by atoms with Gasteiger partial charge >= 0.3 is 5.97 Å². The zero-order chi connectivity index (χ0) is 95.2. The fourth-order valence-electron chi connectivity index (χ4n) is 18.4. The number of aliphatic hydroxyl groups is 2. The van der Waals surface area contributed by atoms with Crippen LogP contribution >= 0.6 is 0 Å². The van der Waals surface area contributed by atoms with Crippen LogP contribution in [0.15, 0.2) is 125 Å². The molecule has 1 aliphatic carbocycles. The molecule has 15 atom stereocenters. The summed E-state index contributed by atoms with van der Waals surface area (Å²) in [6, 6.07) is 12.6. The second-order valence-electron chi connectivity index (χ2n) is 36.3. The van der Waals surface area contributed by atoms with Crippen LogP contribution < -0.4 is 32.6 Å². The van der Waals surface area contributed by atoms with Crippen molar-refractivity contribution in [1.29, 1.82) is 0 Å². The third-order valence-electron chi connectivity index (χ3n) is 26.3. The number of cyclic esters (lactones) is 1. The largest absolute Gasteiger partial charge is 0.460 e. The van der Waals surface area contributed by atoms with Crippen molar-refractivity contribution in [1.82, 2.24) is 65.8 Å². The number of esters is 1. The summed E-state index contributed by atoms with van der Waals surface area (Å²) in [6.45, 7) is 23.0. The van der Waals surface area contributed by atoms with Crippen LogP contribution in [0.2, 0.25) is 0 Å². The van der Waals surface area contributed by atoms with Gasteiger partial charge in [0, 0.05) is 140 Å². The molecule has 732 valence electrons. The number of allylic oxidation sites excluding steroid dienone is 6. The first kappa shape index (κ1) is 103. The molecule has 12 rings (SSSR count). The number of ketones is 3. The number of piperidine rings is 1. The number of piperazine rings is 1. The van der Waals surface area contributed by atoms with E-state index in [9.17, 15) is 39.0 Å². The van der Waals surface area contributed by atoms with Crippen LogP contribution in [-0.2, 0) is 94.0 Å². The molecule has 36 nitrogen and oxygen atoms in total. The summed E-state index contributed by atoms with van der Waals surface area (Å²) in [4.78, 5) is 114. The van der Waals surface area contributed by atoms with E-state index >= 15 is 0 Å². The van der Waals surface area contributed by atoms with Crippen LogP contribution in [-0.4, -0.2) is 289 Å². The number of hydrogen-bond donors (Lipinski definition) is 7. The van der Waals surface area contributed by atoms with Gasteiger partial charge in [-0.2, -0.15) is 10.1 Å². The van der Waals surface area contributed by atoms with Gasteiger partial charge in [-0.1, -0.05) is 89.3 Å². The van der Waals surface area contributed by atoms with Gasteiger partial charge in [0.05, 0.1) is 115 Å². The maximum Gasteiger partial charge on any atom is 0.329 e. The van der Waals surface area contributed by atoms with Gasteiger partial charge < -0.3 is 98.7 Å². The van der Waals surface area contributed by atoms with E-state index in [0.29, 0.717) is 189 Å². The molecule has 5 aliphatic heterocycles. The molecule has 0 radical (unpaired) electrons. The molecule has 0 spiro atoms. The molecular weight excluding hydrogens is 1720 g/mol. The van der Waals surface area contributed by atoms with E-state index in [1.165, 1.54) is 18.3 Å². The molecule has 0 unspecified atom stereocenters. The highest BCUT2D eigenvalue weighted by molar-refractivity contribution is 6.39. The Kier molecular flexibility index (Phi) is 39.5. The summed E-state index contributed by atoms with van der Waals surface area (Å²) < 4.78 is 72.8. The van der Waals surface area contributed by atoms with Crippen LogP contribution in [0.1, 0.15) is 150 Å². The molecule has 6 aromatic rings. The van der Waals surface area contributed by atoms with E-state index in [1.54, 1.807) is 47.1 Å². The maximum absolute atomic E-state index is 14.9. The first-order chi connectivity index (χ1) is 64.8. The minimum Gasteiger partial charge on any atom is -0.460 e. The average Bonchev–Trinajstić information content (AvgIpc) is 1.77. The number of aliphatic hydroxyl groups excluding tert-OH is 1. The lowest BCUT2D eigenvalue weighted by Crippen LogP contribution is -2.61. The summed E-state index contributed by atoms with van der Waals surface area (Å²) in [7, 11) is 4.65. The van der Waals surface area contributed by atoms with Crippen molar-refractivity contribution in [3.05, 3.63) is 126 Å². The van der Waals surface area contributed by atoms with Crippen molar-refractivity contribution in [2.45, 2.75) is 212 Å². The molecule has 36 heteroatoms. The number of carbonyl (C=O) groups is 6. The molecule has 134 heavy (non-hydrogen) atoms. The number of Topliss-reactive ketones (excluding diaryl/α,β-unsaturated/α-hetero) is 3. The van der Waals surface area contributed by atoms with Crippen molar-refractivity contribution >= 4 is 75.0 Å². The van der Waals surface area contributed by atoms with Gasteiger partial charge in [-0.15, -0.1) is 5.53 Å². The van der Waals surface area contributed by atoms with Gasteiger partial charge in [-0.05, 0) is 155 Å². The van der Waals surface area contributed by atoms with Crippen LogP contribution in [0, 0.1) is 35.5 Å². The fourth-order valence-corrected chi connectivity index (χ4v) is 18.4. The Balaban J connectivity index is 0.523. The van der Waals surface area contributed by atoms with E-state index in [-0.39, 0.29) is 85.9 Å². The lowest BCUT2D eigenvalue weighted by atomic mass is 9.78. The lowest BCUT2D eigenvalue weighted by molar-refractivity contribution is -0.265. The summed E-state index contributed by atoms with van der Waals surface area (Å²) in [6.07, 6.45) is 20.4. The Morgan fingerprint density at radius 1 is 0.739 bits per heavy atom. The van der Waals surface area contributed by atoms with Crippen molar-refractivity contribution < 1.29 is 95.5 Å². The average molecular weight is 1860 g/mol. The van der Waals surface area contributed by atoms with Crippen LogP contribution in [0.4, 0.5) is 17.8 Å². The van der Waals surface area contributed by atoms with Crippen molar-refractivity contribution in [2.75, 3.05) is 156 Å². The number of ether oxygens (including phenoxy) is 11. The highest BCUT2D eigenvalue weighted by atomic mass is 16.6. The zero-order valence-electron chi connectivity index (χ0n) is 79.5. The highest BCUT2D eigenvalue weighted by Gasteiger charge is 2.53. The zero-order valence-corrected chi connectivity index (χ0v) is 79.5. The van der Waals surface area contributed by atoms with Gasteiger partial charge in [0.15, 0.2) is 17.0 Å². The van der Waals surface area contributed by atoms with Crippen molar-refractivity contribution in [3.8, 4) is 22.4 Å². The van der Waals surface area contributed by atoms with E-state index in [1.807, 2.05) is 110 Å². The van der Waals surface area contributed by atoms with Crippen LogP contribution in [0.5, 0.6) is 0 Å². The van der Waals surface area contributed by atoms with Gasteiger partial charge in [0.1, 0.15) is 53.5 Å². The number of aromatic nitrogens is 7. The topological polar surface area (TPSA) is 441 Å². The van der Waals surface area contributed by atoms with Gasteiger partial charge in [0.25, 0.3) is 17.7 Å². The van der Waals surface area contributed by atoms with Crippen molar-refractivity contribution in [3.63, 3.8) is 0 Å². The third kappa shape index (κ3) is 28.9. The quantitative estimate of drug-likeness (QED) is 0.00826. The minimum atomic E-state index is -2.47. The number of nitrogens with two attached hydrogens (primary N) is 2. The number of methoxy groups -OCH3 is 3. The molecule has 2 bridgehead atoms. The van der Waals surface area contributed by atoms with E-state index in [0.717, 1.165) is 85.5 Å². The molecule has 1 saturated carbocycles. The normalized spacial score (nSPS) is 27.1. The number of nitrogens with one attached hydrogen (secondary N) is 3. The van der Waals surface area contributed by atoms with E-state index < -0.39 is 77.8 Å². The van der Waals surface area contributed by atoms with E-state index in [2.05, 4.69) is 53.3 Å². The first-order valence-electron chi connectivity index (χ1n) is 47.5. The number of carbonyl (C=O) groups excluding carboxylic acids is 6. The fraction of sp³-hybridized carbons (Fsp3) is 0.612. The molecule has 3 saturated heterocycles. The number of aryl methyl sites for hydroxylation is 1. The Hall–Kier alpha value is -9.90. The summed E-state index contributed by atoms with van der Waals surface area (Å²) in [5.41, 5.74) is 26.9. The van der Waals surface area contributed by atoms with Crippen LogP contribution in [0.3, 0.4) is 0 Å². The number of anilines is 3. The SMILES string of the molecule is CO[C@H]1C[C@@H]2CC[C@@H](C)[C@@](O)(O2)C(=O)C(=O)N2CCCC[C@H]2C(=O)O[C@H]([C@H](C)C[C@@H]2CC[C@@H](OCc3cccc(-c4cnc(N5CCN(CC6=CN(CCOCCOCCOCCOCCOCCC(=O)NCCCCn7nc(-c8ccc9oc(N)nc9c8)c8c(N)ncnc87)NN6)CC5)nc4)c3)[C@H](OC)C2)CC(=O)[C@H](C)/C=C(\C)[C@@H](O)[C@@H](OC)C(=O)[C@H](C)C[C@H](C)/C=C/C=C/C=C/1C. The third-order valence-corrected chi connectivity index (χ3v) is 26.3. The molecule has 6 aliphatic rings. The minimum absolute atomic E-state index is 0.00924. The van der Waals surface area contributed by atoms with Gasteiger partial charge in [-0.25, -0.2) is 29.4 Å². The monoisotopic (exact) mass is 1860 g/mol. The van der Waals surface area contributed by atoms with Crippen molar-refractivity contribution in [2.24, 2.45) is 35.5 Å². The molecule has 2 aromatic carbocycles. The second-order valence-corrected chi connectivity index (χ2v) is 36.3. The molecule has 9 heterocycles. The Labute approximate surface area is 785 Å². The summed E-state index contributed by atoms with van der Waals surface area (Å²) in [5.74, 6) is -7.37. The number of hydrazine groups is 2. The smallest absolute Gasteiger partial charge is 0.329 e. The number of oxazole rings is 1. The summed E-state index contributed by atoms with van der Waals surface area (Å²) in [5, 5.41) is 34.3. The number of fused-ring (bicyclic) bond motifs is 5. The molecule has 4 aromatic heterocycles. The maximum atomic E-state index is 14.9. The number of rotatable bonds is 37. The standard InChI is InChI=1S/C98H140N16O20/c1-63-19-12-11-13-20-64(2)82(123-8)55-76-27-24-69(7)98(122,134-76)91(119)94(120)113-32-16-14-23-78(113)95(121)132-83(56-79(115)65(3)50-68(6)89(118)90(125-10)88(117)67(5)49-63)66(4)51-70-25-28-81(84(53-70)124-9)131-61-71-21-18-22-72(52-71)74-57-102-97(103-58-74)111-36-34-110(35-37-111)59-75-60-112(109-107-75)38-40-127-42-44-129-46-48-130-47-45-128-43-41-126-39-30-85(116)101-31-15-17-33-114-93-86(92(99)104-62-105-93)87(108-114)73-26-29-80-77(54-73)106-96(100)133-80/h11-13,18-22,26,29,50,52,54,57-58,60,62-63,65-67,69-70,76,78,81-84,89-90,107,109,118,122H,14-17,23-25,27-28,30-49,51,53,55-56,59,61H2,1-10H3,(H2,100,106)(H,101,116)(H2,99,104,105)/b13-11+,19-12+,64-20+,68-50+/t63-,65-,66-,67-,69-,70+,76+,78+,81-,82+,83+,84-,89-,90+,98-/m1/s1. The second kappa shape index (κ2) is 51.3. The van der Waals surface area contributed by atoms with Gasteiger partial charge in [-0.3, -0.25) is 33.9 Å². The molecule has 2 amide bonds. The molecular formula is C98H140N16O20. The van der Waals surface area contributed by atoms with Gasteiger partial charge in [0.2, 0.25) is 17.6 Å². The predicted octanol–water partition coefficient (Wildman–Crippen LogP) is 9.33. The van der Waals surface area contributed by atoms with Crippen LogP contribution in [0.25, 0.3) is 44.5 Å². The number of amides is 2. The number of nitrogen functional groups attached to an aromatic ring is 2. The number of unbranched alkanes of at least 4 members (excludes halogenated alkanes) is 1. The Morgan fingerprint density at radius 3 is 2.21 bits per heavy atom. The Morgan fingerprint density at radius 2 is 1.48 bits per heavy atom. The molecule has 9 N–H and O–H groups in total.